The molecule has 2 bridgehead atoms. The lowest BCUT2D eigenvalue weighted by Gasteiger charge is -2.62. The lowest BCUT2D eigenvalue weighted by atomic mass is 9.49. The van der Waals surface area contributed by atoms with Gasteiger partial charge >= 0.3 is 0 Å². The number of aromatic nitrogens is 1. The molecule has 1 saturated heterocycles. The van der Waals surface area contributed by atoms with Crippen molar-refractivity contribution in [2.24, 2.45) is 5.92 Å². The lowest BCUT2D eigenvalue weighted by Crippen LogP contribution is -2.74. The number of likely N-dealkylation sites (tertiary alicyclic amines) is 1. The highest BCUT2D eigenvalue weighted by molar-refractivity contribution is 6.09. The van der Waals surface area contributed by atoms with Gasteiger partial charge in [-0.3, -0.25) is 9.69 Å². The summed E-state index contributed by atoms with van der Waals surface area (Å²) in [6.45, 7) is 1.94. The summed E-state index contributed by atoms with van der Waals surface area (Å²) in [6, 6.07) is 18.9. The molecule has 7 heteroatoms. The summed E-state index contributed by atoms with van der Waals surface area (Å²) < 4.78 is 6.70. The van der Waals surface area contributed by atoms with Crippen LogP contribution in [0, 0.1) is 5.92 Å². The first kappa shape index (κ1) is 22.9. The van der Waals surface area contributed by atoms with E-state index < -0.39 is 17.1 Å². The number of nitrogens with zero attached hydrogens (tertiary/aromatic N) is 1. The molecular weight excluding hydrogens is 502 g/mol. The number of aromatic hydroxyl groups is 1. The second-order valence-corrected chi connectivity index (χ2v) is 12.5. The van der Waals surface area contributed by atoms with Crippen LogP contribution < -0.4 is 10.1 Å². The number of piperidine rings is 1. The topological polar surface area (TPSA) is 97.8 Å². The molecule has 1 spiro atoms. The maximum atomic E-state index is 13.1. The molecule has 2 fully saturated rings. The lowest BCUT2D eigenvalue weighted by molar-refractivity contribution is -0.173. The van der Waals surface area contributed by atoms with Crippen LogP contribution in [0.3, 0.4) is 0 Å². The van der Waals surface area contributed by atoms with Gasteiger partial charge in [0.1, 0.15) is 0 Å². The minimum atomic E-state index is -1.04. The quantitative estimate of drug-likeness (QED) is 0.302. The van der Waals surface area contributed by atoms with Gasteiger partial charge < -0.3 is 25.3 Å². The number of fused-ring (bicyclic) bond motifs is 4. The maximum absolute atomic E-state index is 13.1. The van der Waals surface area contributed by atoms with E-state index in [1.165, 1.54) is 18.4 Å². The number of aromatic amines is 1. The van der Waals surface area contributed by atoms with Gasteiger partial charge in [0.25, 0.3) is 5.91 Å². The zero-order valence-corrected chi connectivity index (χ0v) is 22.1. The molecule has 3 aromatic carbocycles. The first-order valence-corrected chi connectivity index (χ1v) is 14.5. The van der Waals surface area contributed by atoms with Gasteiger partial charge in [-0.15, -0.1) is 0 Å². The summed E-state index contributed by atoms with van der Waals surface area (Å²) in [5.41, 5.74) is 4.63. The number of carbonyl (C=O) groups is 1. The number of phenolic OH excluding ortho intramolecular Hbond substituents is 1. The van der Waals surface area contributed by atoms with Crippen LogP contribution in [0.4, 0.5) is 5.69 Å². The zero-order chi connectivity index (χ0) is 26.8. The highest BCUT2D eigenvalue weighted by Crippen LogP contribution is 2.69. The maximum Gasteiger partial charge on any atom is 0.255 e. The van der Waals surface area contributed by atoms with Crippen LogP contribution >= 0.6 is 0 Å². The van der Waals surface area contributed by atoms with Crippen molar-refractivity contribution in [2.45, 2.75) is 55.3 Å². The summed E-state index contributed by atoms with van der Waals surface area (Å²) in [4.78, 5) is 19.3. The number of anilines is 1. The average Bonchev–Trinajstić information content (AvgIpc) is 3.60. The third-order valence-corrected chi connectivity index (χ3v) is 10.5. The number of hydrogen-bond donors (Lipinski definition) is 4. The molecule has 4 N–H and O–H groups in total. The number of rotatable bonds is 4. The Hall–Kier alpha value is -3.81. The van der Waals surface area contributed by atoms with E-state index in [-0.39, 0.29) is 17.7 Å². The fourth-order valence-corrected chi connectivity index (χ4v) is 8.53. The van der Waals surface area contributed by atoms with Crippen molar-refractivity contribution in [2.75, 3.05) is 18.4 Å². The molecule has 1 aromatic heterocycles. The fraction of sp³-hybridized carbons (Fsp3) is 0.364. The van der Waals surface area contributed by atoms with Crippen LogP contribution in [-0.4, -0.2) is 50.7 Å². The number of carbonyl (C=O) groups excluding carboxylic acids is 1. The predicted molar refractivity (Wildman–Crippen MR) is 151 cm³/mol. The number of para-hydroxylation sites is 1. The Balaban J connectivity index is 1.22. The second kappa shape index (κ2) is 7.68. The van der Waals surface area contributed by atoms with E-state index in [2.05, 4.69) is 21.3 Å². The standard InChI is InChI=1S/C33H31N3O4/c37-24-12-11-20-15-25-33(39)16-22-21-7-4-8-23(34-31(38)19-5-2-1-3-6-19)27(21)35-28(22)30-32(33,26(20)29(24)40-30)13-14-36(25)17-18-9-10-18/h1-8,11-12,18,25,30,35,37,39H,9-10,13-17H2,(H,34,38)/t25-,30+,32+,33-/m1/s1. The average molecular weight is 534 g/mol. The van der Waals surface area contributed by atoms with Gasteiger partial charge in [0.15, 0.2) is 17.6 Å². The smallest absolute Gasteiger partial charge is 0.255 e. The molecule has 2 aliphatic heterocycles. The Morgan fingerprint density at radius 2 is 1.95 bits per heavy atom. The number of aliphatic hydroxyl groups is 1. The van der Waals surface area contributed by atoms with Gasteiger partial charge in [-0.1, -0.05) is 36.4 Å². The number of nitrogens with one attached hydrogen (secondary N) is 2. The molecular formula is C33H31N3O4. The van der Waals surface area contributed by atoms with Crippen molar-refractivity contribution in [3.63, 3.8) is 0 Å². The molecule has 1 saturated carbocycles. The summed E-state index contributed by atoms with van der Waals surface area (Å²) in [6.07, 6.45) is 4.12. The van der Waals surface area contributed by atoms with E-state index in [1.807, 2.05) is 36.4 Å². The van der Waals surface area contributed by atoms with E-state index >= 15 is 0 Å². The van der Waals surface area contributed by atoms with E-state index in [9.17, 15) is 15.0 Å². The van der Waals surface area contributed by atoms with Gasteiger partial charge in [-0.2, -0.15) is 0 Å². The SMILES string of the molecule is O=C(Nc1cccc2c3c([nH]c12)[C@@H]1Oc2c(O)ccc4c2[C@@]12CCN(CC1CC1)[C@H](C4)[C@]2(O)C3)c1ccccc1. The Bertz CT molecular complexity index is 1730. The molecule has 1 amide bonds. The molecule has 7 nitrogen and oxygen atoms in total. The van der Waals surface area contributed by atoms with E-state index in [0.29, 0.717) is 23.4 Å². The molecule has 202 valence electrons. The van der Waals surface area contributed by atoms with E-state index in [4.69, 9.17) is 4.74 Å². The minimum absolute atomic E-state index is 0.0185. The number of amides is 1. The first-order valence-electron chi connectivity index (χ1n) is 14.5. The van der Waals surface area contributed by atoms with E-state index in [0.717, 1.165) is 59.6 Å². The number of ether oxygens (including phenoxy) is 1. The van der Waals surface area contributed by atoms with Crippen LogP contribution in [0.15, 0.2) is 60.7 Å². The Morgan fingerprint density at radius 1 is 1.10 bits per heavy atom. The third-order valence-electron chi connectivity index (χ3n) is 10.5. The summed E-state index contributed by atoms with van der Waals surface area (Å²) in [7, 11) is 0. The normalized spacial score (nSPS) is 29.5. The van der Waals surface area contributed by atoms with E-state index in [1.54, 1.807) is 18.2 Å². The van der Waals surface area contributed by atoms with Crippen LogP contribution in [-0.2, 0) is 18.3 Å². The molecule has 5 aliphatic rings. The van der Waals surface area contributed by atoms with Gasteiger partial charge in [0, 0.05) is 35.5 Å². The fourth-order valence-electron chi connectivity index (χ4n) is 8.53. The third kappa shape index (κ3) is 2.79. The van der Waals surface area contributed by atoms with Crippen molar-refractivity contribution >= 4 is 22.5 Å². The summed E-state index contributed by atoms with van der Waals surface area (Å²) in [5.74, 6) is 1.22. The second-order valence-electron chi connectivity index (χ2n) is 12.5. The highest BCUT2D eigenvalue weighted by atomic mass is 16.5. The van der Waals surface area contributed by atoms with Crippen molar-refractivity contribution in [1.29, 1.82) is 0 Å². The largest absolute Gasteiger partial charge is 0.504 e. The molecule has 0 unspecified atom stereocenters. The van der Waals surface area contributed by atoms with Crippen LogP contribution in [0.1, 0.15) is 58.1 Å². The number of hydrogen-bond acceptors (Lipinski definition) is 5. The molecule has 9 rings (SSSR count). The summed E-state index contributed by atoms with van der Waals surface area (Å²) in [5, 5.41) is 28.0. The predicted octanol–water partition coefficient (Wildman–Crippen LogP) is 4.82. The van der Waals surface area contributed by atoms with Crippen LogP contribution in [0.25, 0.3) is 10.9 Å². The van der Waals surface area contributed by atoms with Crippen molar-refractivity contribution in [3.8, 4) is 11.5 Å². The molecule has 3 aliphatic carbocycles. The molecule has 0 radical (unpaired) electrons. The molecule has 40 heavy (non-hydrogen) atoms. The minimum Gasteiger partial charge on any atom is -0.504 e. The van der Waals surface area contributed by atoms with Gasteiger partial charge in [-0.05, 0) is 73.5 Å². The molecule has 4 atom stereocenters. The van der Waals surface area contributed by atoms with Crippen molar-refractivity contribution in [1.82, 2.24) is 9.88 Å². The zero-order valence-electron chi connectivity index (χ0n) is 22.1. The molecule has 3 heterocycles. The highest BCUT2D eigenvalue weighted by Gasteiger charge is 2.72. The van der Waals surface area contributed by atoms with Gasteiger partial charge in [-0.25, -0.2) is 0 Å². The van der Waals surface area contributed by atoms with Crippen LogP contribution in [0.5, 0.6) is 11.5 Å². The monoisotopic (exact) mass is 533 g/mol. The Labute approximate surface area is 231 Å². The van der Waals surface area contributed by atoms with Crippen molar-refractivity contribution < 1.29 is 19.7 Å². The number of benzene rings is 3. The number of phenols is 1. The molecule has 4 aromatic rings. The Morgan fingerprint density at radius 3 is 2.77 bits per heavy atom. The van der Waals surface area contributed by atoms with Gasteiger partial charge in [0.2, 0.25) is 0 Å². The number of H-pyrrole nitrogens is 1. The first-order chi connectivity index (χ1) is 19.5. The van der Waals surface area contributed by atoms with Crippen molar-refractivity contribution in [3.05, 3.63) is 88.6 Å². The van der Waals surface area contributed by atoms with Crippen LogP contribution in [0.2, 0.25) is 0 Å². The van der Waals surface area contributed by atoms with Gasteiger partial charge in [0.05, 0.1) is 27.9 Å². The summed E-state index contributed by atoms with van der Waals surface area (Å²) >= 11 is 0. The Kier molecular flexibility index (Phi) is 4.41.